The fraction of sp³-hybridized carbons (Fsp3) is 0. The van der Waals surface area contributed by atoms with E-state index in [4.69, 9.17) is 9.99 Å². The summed E-state index contributed by atoms with van der Waals surface area (Å²) in [5.41, 5.74) is 0.492. The summed E-state index contributed by atoms with van der Waals surface area (Å²) in [4.78, 5) is 31.6. The Bertz CT molecular complexity index is 575. The van der Waals surface area contributed by atoms with Crippen molar-refractivity contribution in [1.29, 1.82) is 0 Å². The average molecular weight is 258 g/mol. The number of benzene rings is 2. The van der Waals surface area contributed by atoms with Gasteiger partial charge in [0.15, 0.2) is 5.75 Å². The molecule has 0 unspecified atom stereocenters. The highest BCUT2D eigenvalue weighted by Crippen LogP contribution is 2.13. The van der Waals surface area contributed by atoms with Gasteiger partial charge in [0.05, 0.1) is 11.1 Å². The molecule has 0 aliphatic heterocycles. The first kappa shape index (κ1) is 12.6. The maximum Gasteiger partial charge on any atom is 0.386 e. The van der Waals surface area contributed by atoms with Gasteiger partial charge >= 0.3 is 11.9 Å². The zero-order valence-corrected chi connectivity index (χ0v) is 9.78. The second-order valence-electron chi connectivity index (χ2n) is 3.65. The van der Waals surface area contributed by atoms with Gasteiger partial charge in [-0.1, -0.05) is 18.2 Å². The molecular weight excluding hydrogens is 248 g/mol. The molecule has 2 aromatic rings. The number of carbonyl (C=O) groups is 2. The Morgan fingerprint density at radius 3 is 2.05 bits per heavy atom. The molecule has 96 valence electrons. The molecule has 0 heterocycles. The topological polar surface area (TPSA) is 72.8 Å². The molecule has 0 aliphatic carbocycles. The molecule has 1 N–H and O–H groups in total. The lowest BCUT2D eigenvalue weighted by Gasteiger charge is -2.04. The first-order valence-electron chi connectivity index (χ1n) is 5.44. The summed E-state index contributed by atoms with van der Waals surface area (Å²) < 4.78 is 0. The van der Waals surface area contributed by atoms with Crippen molar-refractivity contribution in [3.8, 4) is 5.75 Å². The second kappa shape index (κ2) is 5.68. The largest absolute Gasteiger partial charge is 0.478 e. The lowest BCUT2D eigenvalue weighted by atomic mass is 10.2. The molecule has 5 nitrogen and oxygen atoms in total. The Hall–Kier alpha value is -2.82. The van der Waals surface area contributed by atoms with Crippen LogP contribution in [-0.4, -0.2) is 17.0 Å². The minimum atomic E-state index is -1.03. The van der Waals surface area contributed by atoms with Crippen molar-refractivity contribution in [1.82, 2.24) is 0 Å². The number of carboxylic acid groups (broad SMARTS) is 1. The van der Waals surface area contributed by atoms with Gasteiger partial charge in [0.1, 0.15) is 0 Å². The third-order valence-electron chi connectivity index (χ3n) is 2.32. The Morgan fingerprint density at radius 1 is 0.842 bits per heavy atom. The van der Waals surface area contributed by atoms with E-state index in [2.05, 4.69) is 4.89 Å². The first-order valence-corrected chi connectivity index (χ1v) is 5.44. The average Bonchev–Trinajstić information content (AvgIpc) is 2.46. The third-order valence-corrected chi connectivity index (χ3v) is 2.32. The highest BCUT2D eigenvalue weighted by atomic mass is 17.2. The van der Waals surface area contributed by atoms with Crippen molar-refractivity contribution >= 4 is 11.9 Å². The summed E-state index contributed by atoms with van der Waals surface area (Å²) in [5, 5.41) is 8.72. The molecule has 0 saturated heterocycles. The quantitative estimate of drug-likeness (QED) is 0.673. The van der Waals surface area contributed by atoms with Crippen LogP contribution in [0.25, 0.3) is 0 Å². The van der Waals surface area contributed by atoms with Gasteiger partial charge in [-0.3, -0.25) is 4.89 Å². The van der Waals surface area contributed by atoms with Crippen molar-refractivity contribution in [2.45, 2.75) is 0 Å². The van der Waals surface area contributed by atoms with Crippen LogP contribution >= 0.6 is 0 Å². The predicted octanol–water partition coefficient (Wildman–Crippen LogP) is 2.54. The van der Waals surface area contributed by atoms with Gasteiger partial charge in [-0.15, -0.1) is 0 Å². The molecule has 0 amide bonds. The van der Waals surface area contributed by atoms with Gasteiger partial charge in [-0.05, 0) is 36.4 Å². The summed E-state index contributed by atoms with van der Waals surface area (Å²) in [6.07, 6.45) is 0. The molecule has 0 radical (unpaired) electrons. The number of carbonyl (C=O) groups excluding carboxylic acids is 1. The number of hydrogen-bond donors (Lipinski definition) is 1. The Morgan fingerprint density at radius 2 is 1.47 bits per heavy atom. The van der Waals surface area contributed by atoms with Gasteiger partial charge in [0.25, 0.3) is 0 Å². The number of hydrogen-bond acceptors (Lipinski definition) is 4. The summed E-state index contributed by atoms with van der Waals surface area (Å²) in [7, 11) is 0. The summed E-state index contributed by atoms with van der Waals surface area (Å²) >= 11 is 0. The van der Waals surface area contributed by atoms with E-state index in [0.29, 0.717) is 5.56 Å². The lowest BCUT2D eigenvalue weighted by Crippen LogP contribution is -2.08. The van der Waals surface area contributed by atoms with Crippen LogP contribution in [-0.2, 0) is 4.89 Å². The van der Waals surface area contributed by atoms with Crippen LogP contribution in [0.2, 0.25) is 0 Å². The van der Waals surface area contributed by atoms with Gasteiger partial charge in [0.2, 0.25) is 0 Å². The van der Waals surface area contributed by atoms with Crippen LogP contribution in [0.5, 0.6) is 5.75 Å². The van der Waals surface area contributed by atoms with E-state index < -0.39 is 11.9 Å². The first-order chi connectivity index (χ1) is 9.16. The highest BCUT2D eigenvalue weighted by molar-refractivity contribution is 5.89. The van der Waals surface area contributed by atoms with Gasteiger partial charge < -0.3 is 5.11 Å². The SMILES string of the molecule is O=C(O)c1ccc(OOC(=O)c2ccccc2)cc1. The fourth-order valence-corrected chi connectivity index (χ4v) is 1.36. The van der Waals surface area contributed by atoms with Crippen molar-refractivity contribution in [3.63, 3.8) is 0 Å². The second-order valence-corrected chi connectivity index (χ2v) is 3.65. The minimum absolute atomic E-state index is 0.127. The van der Waals surface area contributed by atoms with Crippen LogP contribution in [0.4, 0.5) is 0 Å². The molecular formula is C14H10O5. The standard InChI is InChI=1S/C14H10O5/c15-13(16)10-6-8-12(9-7-10)18-19-14(17)11-4-2-1-3-5-11/h1-9H,(H,15,16). The van der Waals surface area contributed by atoms with Crippen molar-refractivity contribution in [2.24, 2.45) is 0 Å². The normalized spacial score (nSPS) is 9.68. The van der Waals surface area contributed by atoms with Crippen molar-refractivity contribution in [2.75, 3.05) is 0 Å². The van der Waals surface area contributed by atoms with Crippen molar-refractivity contribution < 1.29 is 24.5 Å². The zero-order valence-electron chi connectivity index (χ0n) is 9.78. The smallest absolute Gasteiger partial charge is 0.386 e. The molecule has 0 bridgehead atoms. The molecule has 0 saturated carbocycles. The molecule has 2 rings (SSSR count). The Kier molecular flexibility index (Phi) is 3.78. The van der Waals surface area contributed by atoms with E-state index in [-0.39, 0.29) is 11.3 Å². The predicted molar refractivity (Wildman–Crippen MR) is 65.9 cm³/mol. The van der Waals surface area contributed by atoms with E-state index in [1.807, 2.05) is 0 Å². The number of rotatable bonds is 4. The van der Waals surface area contributed by atoms with E-state index in [1.165, 1.54) is 24.3 Å². The van der Waals surface area contributed by atoms with Gasteiger partial charge in [-0.25, -0.2) is 14.5 Å². The van der Waals surface area contributed by atoms with Crippen LogP contribution in [0.1, 0.15) is 20.7 Å². The van der Waals surface area contributed by atoms with Crippen LogP contribution in [0, 0.1) is 0 Å². The van der Waals surface area contributed by atoms with Crippen LogP contribution in [0.15, 0.2) is 54.6 Å². The van der Waals surface area contributed by atoms with Crippen molar-refractivity contribution in [3.05, 3.63) is 65.7 Å². The molecule has 0 atom stereocenters. The Balaban J connectivity index is 1.95. The van der Waals surface area contributed by atoms with Crippen LogP contribution < -0.4 is 4.89 Å². The maximum absolute atomic E-state index is 11.6. The monoisotopic (exact) mass is 258 g/mol. The fourth-order valence-electron chi connectivity index (χ4n) is 1.36. The molecule has 5 heteroatoms. The molecule has 0 spiro atoms. The summed E-state index contributed by atoms with van der Waals surface area (Å²) in [5.74, 6) is -1.41. The van der Waals surface area contributed by atoms with E-state index in [1.54, 1.807) is 30.3 Å². The summed E-state index contributed by atoms with van der Waals surface area (Å²) in [6.45, 7) is 0. The molecule has 0 aromatic heterocycles. The zero-order chi connectivity index (χ0) is 13.7. The van der Waals surface area contributed by atoms with Crippen LogP contribution in [0.3, 0.4) is 0 Å². The molecule has 19 heavy (non-hydrogen) atoms. The Labute approximate surface area is 108 Å². The summed E-state index contributed by atoms with van der Waals surface area (Å²) in [6, 6.07) is 13.9. The lowest BCUT2D eigenvalue weighted by molar-refractivity contribution is -0.149. The van der Waals surface area contributed by atoms with E-state index >= 15 is 0 Å². The highest BCUT2D eigenvalue weighted by Gasteiger charge is 2.09. The third kappa shape index (κ3) is 3.32. The minimum Gasteiger partial charge on any atom is -0.478 e. The van der Waals surface area contributed by atoms with Gasteiger partial charge in [0, 0.05) is 0 Å². The molecule has 2 aromatic carbocycles. The van der Waals surface area contributed by atoms with E-state index in [0.717, 1.165) is 0 Å². The van der Waals surface area contributed by atoms with E-state index in [9.17, 15) is 9.59 Å². The number of carboxylic acids is 1. The van der Waals surface area contributed by atoms with Gasteiger partial charge in [-0.2, -0.15) is 0 Å². The molecule has 0 aliphatic rings. The molecule has 0 fully saturated rings. The maximum atomic E-state index is 11.6. The number of aromatic carboxylic acids is 1.